The van der Waals surface area contributed by atoms with Crippen LogP contribution < -0.4 is 24.3 Å². The van der Waals surface area contributed by atoms with E-state index in [9.17, 15) is 19.8 Å². The van der Waals surface area contributed by atoms with Gasteiger partial charge in [-0.3, -0.25) is 4.90 Å². The van der Waals surface area contributed by atoms with Crippen molar-refractivity contribution in [3.05, 3.63) is 120 Å². The Morgan fingerprint density at radius 1 is 0.924 bits per heavy atom. The van der Waals surface area contributed by atoms with Crippen LogP contribution in [0.2, 0.25) is 0 Å². The molecule has 66 heavy (non-hydrogen) atoms. The maximum atomic E-state index is 14.8. The number of nitrogens with zero attached hydrogens (tertiary/aromatic N) is 2. The van der Waals surface area contributed by atoms with E-state index in [1.165, 1.54) is 0 Å². The Morgan fingerprint density at radius 3 is 2.42 bits per heavy atom. The lowest BCUT2D eigenvalue weighted by Gasteiger charge is -2.60. The molecule has 0 bridgehead atoms. The number of nitrogens with one attached hydrogen (secondary N) is 1. The number of fused-ring (bicyclic) bond motifs is 3. The van der Waals surface area contributed by atoms with Crippen LogP contribution in [0.15, 0.2) is 109 Å². The molecule has 6 atom stereocenters. The predicted octanol–water partition coefficient (Wildman–Crippen LogP) is 9.35. The summed E-state index contributed by atoms with van der Waals surface area (Å²) >= 11 is 0. The standard InChI is InChI=1S/C52H65N3O11/c1-6-8-27-60-50(59)55(33-36-20-22-44-45(28-36)62-34-61-44)46-31-42(54-66-51(3,4)5)40-29-37(18-12-14-24-56)39(19-13-15-25-57)47-41-30-38(64-49(58)53-32-35-16-10-9-11-17-35)21-23-43(41)65-52(46,48(40)47)63-26-7-2/h6-7,9-11,16-17,20-23,28-30,37,39,46-48,56-57H,1-2,8,12-15,18-19,24-27,31-34H2,3-5H3,(H,53,58)/t37-,39+,46-,47+,48+,52+/m0/s1. The largest absolute Gasteiger partial charge is 0.459 e. The van der Waals surface area contributed by atoms with E-state index < -0.39 is 35.5 Å². The molecule has 2 aliphatic heterocycles. The third-order valence-electron chi connectivity index (χ3n) is 12.5. The van der Waals surface area contributed by atoms with Gasteiger partial charge in [0.05, 0.1) is 24.8 Å². The lowest BCUT2D eigenvalue weighted by Crippen LogP contribution is -2.70. The predicted molar refractivity (Wildman–Crippen MR) is 249 cm³/mol. The fourth-order valence-corrected chi connectivity index (χ4v) is 9.67. The molecule has 0 saturated heterocycles. The molecule has 3 N–H and O–H groups in total. The Labute approximate surface area is 388 Å². The van der Waals surface area contributed by atoms with Crippen molar-refractivity contribution in [2.75, 3.05) is 33.2 Å². The fourth-order valence-electron chi connectivity index (χ4n) is 9.67. The summed E-state index contributed by atoms with van der Waals surface area (Å²) in [6.07, 6.45) is 9.33. The minimum Gasteiger partial charge on any atom is -0.459 e. The molecule has 14 heteroatoms. The number of amides is 2. The number of aliphatic hydroxyl groups is 2. The lowest BCUT2D eigenvalue weighted by molar-refractivity contribution is -0.256. The minimum absolute atomic E-state index is 0.00159. The molecule has 7 rings (SSSR count). The monoisotopic (exact) mass is 907 g/mol. The smallest absolute Gasteiger partial charge is 0.412 e. The number of carbonyl (C=O) groups is 2. The first kappa shape index (κ1) is 48.1. The summed E-state index contributed by atoms with van der Waals surface area (Å²) in [4.78, 5) is 36.1. The molecule has 4 aliphatic rings. The molecule has 1 fully saturated rings. The van der Waals surface area contributed by atoms with Gasteiger partial charge in [-0.05, 0) is 112 Å². The number of rotatable bonds is 21. The second-order valence-electron chi connectivity index (χ2n) is 18.2. The maximum absolute atomic E-state index is 14.8. The number of benzene rings is 3. The van der Waals surface area contributed by atoms with Gasteiger partial charge in [-0.25, -0.2) is 9.59 Å². The number of aliphatic hydroxyl groups excluding tert-OH is 2. The van der Waals surface area contributed by atoms with Crippen molar-refractivity contribution in [2.24, 2.45) is 22.9 Å². The van der Waals surface area contributed by atoms with E-state index in [1.54, 1.807) is 23.1 Å². The highest BCUT2D eigenvalue weighted by atomic mass is 16.7. The van der Waals surface area contributed by atoms with Crippen LogP contribution in [0.1, 0.15) is 94.7 Å². The first-order chi connectivity index (χ1) is 32.0. The molecule has 2 amide bonds. The van der Waals surface area contributed by atoms with E-state index >= 15 is 0 Å². The fraction of sp³-hybridized carbons (Fsp3) is 0.481. The van der Waals surface area contributed by atoms with E-state index in [-0.39, 0.29) is 70.5 Å². The molecular formula is C52H65N3O11. The van der Waals surface area contributed by atoms with Gasteiger partial charge >= 0.3 is 12.2 Å². The normalized spacial score (nSPS) is 23.1. The molecule has 2 heterocycles. The zero-order chi connectivity index (χ0) is 46.7. The van der Waals surface area contributed by atoms with Crippen LogP contribution in [0.25, 0.3) is 0 Å². The quantitative estimate of drug-likeness (QED) is 0.0530. The first-order valence-corrected chi connectivity index (χ1v) is 23.2. The number of ether oxygens (including phenoxy) is 6. The van der Waals surface area contributed by atoms with Gasteiger partial charge in [0.1, 0.15) is 23.1 Å². The van der Waals surface area contributed by atoms with Gasteiger partial charge in [-0.2, -0.15) is 0 Å². The number of allylic oxidation sites excluding steroid dienone is 1. The second kappa shape index (κ2) is 22.1. The molecule has 3 aromatic rings. The van der Waals surface area contributed by atoms with Gasteiger partial charge in [0.2, 0.25) is 12.6 Å². The highest BCUT2D eigenvalue weighted by Gasteiger charge is 2.66. The zero-order valence-electron chi connectivity index (χ0n) is 38.5. The first-order valence-electron chi connectivity index (χ1n) is 23.2. The van der Waals surface area contributed by atoms with Crippen LogP contribution in [-0.4, -0.2) is 83.7 Å². The zero-order valence-corrected chi connectivity index (χ0v) is 38.5. The minimum atomic E-state index is -1.55. The molecule has 1 saturated carbocycles. The van der Waals surface area contributed by atoms with Crippen LogP contribution in [0.4, 0.5) is 9.59 Å². The molecule has 354 valence electrons. The van der Waals surface area contributed by atoms with Gasteiger partial charge in [-0.1, -0.05) is 72.6 Å². The van der Waals surface area contributed by atoms with E-state index in [0.717, 1.165) is 47.9 Å². The summed E-state index contributed by atoms with van der Waals surface area (Å²) in [5.74, 6) is -0.519. The van der Waals surface area contributed by atoms with E-state index in [2.05, 4.69) is 24.6 Å². The van der Waals surface area contributed by atoms with E-state index in [0.29, 0.717) is 48.0 Å². The Hall–Kier alpha value is -5.83. The van der Waals surface area contributed by atoms with E-state index in [1.807, 2.05) is 81.4 Å². The Kier molecular flexibility index (Phi) is 16.1. The van der Waals surface area contributed by atoms with Gasteiger partial charge in [-0.15, -0.1) is 13.2 Å². The Balaban J connectivity index is 1.41. The SMILES string of the molecule is C=CCCOC(=O)N(Cc1ccc2c(c1)OCO2)[C@H]1CC(=NOC(C)(C)C)C2=C[C@H](CCCCO)[C@@H](CCCCO)[C@@H]3c4cc(OC(=O)NCc5ccccc5)ccc4O[C@@]1(OCC=C)[C@H]23. The molecule has 0 aromatic heterocycles. The number of hydrogen-bond donors (Lipinski definition) is 3. The summed E-state index contributed by atoms with van der Waals surface area (Å²) in [6, 6.07) is 19.7. The Morgan fingerprint density at radius 2 is 1.68 bits per heavy atom. The van der Waals surface area contributed by atoms with Crippen molar-refractivity contribution in [1.82, 2.24) is 10.2 Å². The summed E-state index contributed by atoms with van der Waals surface area (Å²) in [7, 11) is 0. The molecule has 14 nitrogen and oxygen atoms in total. The van der Waals surface area contributed by atoms with Crippen LogP contribution in [-0.2, 0) is 27.4 Å². The molecule has 0 radical (unpaired) electrons. The maximum Gasteiger partial charge on any atom is 0.412 e. The number of oxime groups is 1. The average molecular weight is 908 g/mol. The van der Waals surface area contributed by atoms with Crippen LogP contribution in [0, 0.1) is 17.8 Å². The lowest BCUT2D eigenvalue weighted by atomic mass is 9.55. The summed E-state index contributed by atoms with van der Waals surface area (Å²) in [5.41, 5.74) is 3.36. The van der Waals surface area contributed by atoms with Gasteiger partial charge in [0.15, 0.2) is 11.5 Å². The number of hydrogen-bond acceptors (Lipinski definition) is 12. The molecular weight excluding hydrogens is 843 g/mol. The Bertz CT molecular complexity index is 2220. The van der Waals surface area contributed by atoms with Crippen molar-refractivity contribution < 1.29 is 53.1 Å². The highest BCUT2D eigenvalue weighted by Crippen LogP contribution is 2.62. The van der Waals surface area contributed by atoms with Crippen LogP contribution >= 0.6 is 0 Å². The van der Waals surface area contributed by atoms with Crippen molar-refractivity contribution in [3.8, 4) is 23.0 Å². The van der Waals surface area contributed by atoms with Crippen LogP contribution in [0.3, 0.4) is 0 Å². The molecule has 2 aliphatic carbocycles. The second-order valence-corrected chi connectivity index (χ2v) is 18.2. The highest BCUT2D eigenvalue weighted by molar-refractivity contribution is 6.03. The van der Waals surface area contributed by atoms with Crippen molar-refractivity contribution in [1.29, 1.82) is 0 Å². The third kappa shape index (κ3) is 11.2. The average Bonchev–Trinajstić information content (AvgIpc) is 3.78. The molecule has 0 unspecified atom stereocenters. The van der Waals surface area contributed by atoms with Crippen LogP contribution in [0.5, 0.6) is 23.0 Å². The van der Waals surface area contributed by atoms with Crippen molar-refractivity contribution in [3.63, 3.8) is 0 Å². The van der Waals surface area contributed by atoms with Crippen molar-refractivity contribution >= 4 is 17.9 Å². The topological polar surface area (TPSA) is 167 Å². The third-order valence-corrected chi connectivity index (χ3v) is 12.5. The number of unbranched alkanes of at least 4 members (excludes halogenated alkanes) is 2. The molecule has 0 spiro atoms. The van der Waals surface area contributed by atoms with E-state index in [4.69, 9.17) is 38.4 Å². The summed E-state index contributed by atoms with van der Waals surface area (Å²) < 4.78 is 37.9. The van der Waals surface area contributed by atoms with Gasteiger partial charge in [0.25, 0.3) is 0 Å². The summed E-state index contributed by atoms with van der Waals surface area (Å²) in [5, 5.41) is 27.8. The van der Waals surface area contributed by atoms with Gasteiger partial charge in [0, 0.05) is 44.2 Å². The molecule has 3 aromatic carbocycles. The number of carbonyl (C=O) groups excluding carboxylic acids is 2. The van der Waals surface area contributed by atoms with Crippen molar-refractivity contribution in [2.45, 2.75) is 109 Å². The van der Waals surface area contributed by atoms with Gasteiger partial charge < -0.3 is 48.8 Å². The summed E-state index contributed by atoms with van der Waals surface area (Å²) in [6.45, 7) is 14.4.